The van der Waals surface area contributed by atoms with E-state index in [-0.39, 0.29) is 4.75 Å². The number of halogens is 1. The van der Waals surface area contributed by atoms with Crippen LogP contribution in [0, 0.1) is 0 Å². The fourth-order valence-corrected chi connectivity index (χ4v) is 2.91. The van der Waals surface area contributed by atoms with Gasteiger partial charge in [0.05, 0.1) is 10.4 Å². The van der Waals surface area contributed by atoms with E-state index in [9.17, 15) is 4.21 Å². The van der Waals surface area contributed by atoms with Crippen LogP contribution in [-0.2, 0) is 17.4 Å². The van der Waals surface area contributed by atoms with E-state index in [1.807, 2.05) is 32.9 Å². The second-order valence-electron chi connectivity index (χ2n) is 5.07. The first-order valence-electron chi connectivity index (χ1n) is 5.56. The molecule has 2 rings (SSSR count). The van der Waals surface area contributed by atoms with Crippen molar-refractivity contribution in [2.75, 3.05) is 0 Å². The molecule has 0 saturated heterocycles. The SMILES string of the molecule is CC(C)(C)S(=O)NC1=CCc2c(Br)cccc21. The highest BCUT2D eigenvalue weighted by Crippen LogP contribution is 2.31. The van der Waals surface area contributed by atoms with Crippen molar-refractivity contribution < 1.29 is 4.21 Å². The van der Waals surface area contributed by atoms with Gasteiger partial charge in [0.25, 0.3) is 0 Å². The molecule has 0 bridgehead atoms. The Morgan fingerprint density at radius 1 is 1.35 bits per heavy atom. The van der Waals surface area contributed by atoms with Crippen molar-refractivity contribution in [2.45, 2.75) is 31.9 Å². The van der Waals surface area contributed by atoms with Crippen molar-refractivity contribution in [3.8, 4) is 0 Å². The van der Waals surface area contributed by atoms with Crippen LogP contribution in [-0.4, -0.2) is 8.96 Å². The topological polar surface area (TPSA) is 29.1 Å². The summed E-state index contributed by atoms with van der Waals surface area (Å²) in [4.78, 5) is 0. The summed E-state index contributed by atoms with van der Waals surface area (Å²) in [7, 11) is -1.07. The molecular weight excluding hydrogens is 298 g/mol. The van der Waals surface area contributed by atoms with Gasteiger partial charge in [-0.15, -0.1) is 0 Å². The third-order valence-corrected chi connectivity index (χ3v) is 4.94. The van der Waals surface area contributed by atoms with E-state index in [1.54, 1.807) is 0 Å². The number of benzene rings is 1. The normalized spacial score (nSPS) is 16.4. The number of hydrogen-bond acceptors (Lipinski definition) is 1. The molecule has 0 heterocycles. The molecule has 0 fully saturated rings. The third-order valence-electron chi connectivity index (χ3n) is 2.68. The third kappa shape index (κ3) is 2.63. The molecule has 4 heteroatoms. The zero-order valence-corrected chi connectivity index (χ0v) is 12.6. The Labute approximate surface area is 113 Å². The van der Waals surface area contributed by atoms with E-state index in [0.717, 1.165) is 22.2 Å². The molecule has 1 aliphatic carbocycles. The fourth-order valence-electron chi connectivity index (χ4n) is 1.68. The van der Waals surface area contributed by atoms with E-state index in [4.69, 9.17) is 0 Å². The first-order chi connectivity index (χ1) is 7.89. The quantitative estimate of drug-likeness (QED) is 0.891. The molecule has 0 aromatic heterocycles. The maximum Gasteiger partial charge on any atom is 0.122 e. The van der Waals surface area contributed by atoms with Gasteiger partial charge in [-0.1, -0.05) is 34.1 Å². The number of fused-ring (bicyclic) bond motifs is 1. The number of allylic oxidation sites excluding steroid dienone is 1. The van der Waals surface area contributed by atoms with Gasteiger partial charge in [0.15, 0.2) is 0 Å². The van der Waals surface area contributed by atoms with E-state index >= 15 is 0 Å². The largest absolute Gasteiger partial charge is 0.304 e. The van der Waals surface area contributed by atoms with Gasteiger partial charge in [-0.05, 0) is 38.8 Å². The van der Waals surface area contributed by atoms with Crippen molar-refractivity contribution in [2.24, 2.45) is 0 Å². The van der Waals surface area contributed by atoms with Gasteiger partial charge in [-0.2, -0.15) is 0 Å². The summed E-state index contributed by atoms with van der Waals surface area (Å²) in [5.41, 5.74) is 3.40. The minimum atomic E-state index is -1.07. The molecular formula is C13H16BrNOS. The second-order valence-corrected chi connectivity index (χ2v) is 7.89. The van der Waals surface area contributed by atoms with Crippen LogP contribution in [0.1, 0.15) is 31.9 Å². The molecule has 0 amide bonds. The van der Waals surface area contributed by atoms with E-state index in [0.29, 0.717) is 0 Å². The van der Waals surface area contributed by atoms with Gasteiger partial charge in [-0.3, -0.25) is 0 Å². The summed E-state index contributed by atoms with van der Waals surface area (Å²) < 4.78 is 16.0. The van der Waals surface area contributed by atoms with Gasteiger partial charge < -0.3 is 4.72 Å². The number of nitrogens with one attached hydrogen (secondary N) is 1. The highest BCUT2D eigenvalue weighted by Gasteiger charge is 2.23. The zero-order valence-electron chi connectivity index (χ0n) is 10.2. The molecule has 1 atom stereocenters. The van der Waals surface area contributed by atoms with Crippen molar-refractivity contribution >= 4 is 32.6 Å². The summed E-state index contributed by atoms with van der Waals surface area (Å²) in [6.45, 7) is 5.90. The Morgan fingerprint density at radius 3 is 2.71 bits per heavy atom. The maximum atomic E-state index is 12.1. The van der Waals surface area contributed by atoms with E-state index in [1.165, 1.54) is 5.56 Å². The first-order valence-corrected chi connectivity index (χ1v) is 7.50. The van der Waals surface area contributed by atoms with Crippen LogP contribution < -0.4 is 4.72 Å². The molecule has 1 aliphatic rings. The lowest BCUT2D eigenvalue weighted by Crippen LogP contribution is -2.32. The Balaban J connectivity index is 2.24. The average molecular weight is 314 g/mol. The molecule has 1 unspecified atom stereocenters. The van der Waals surface area contributed by atoms with Gasteiger partial charge in [0, 0.05) is 10.0 Å². The molecule has 0 aliphatic heterocycles. The molecule has 17 heavy (non-hydrogen) atoms. The monoisotopic (exact) mass is 313 g/mol. The lowest BCUT2D eigenvalue weighted by molar-refractivity contribution is 0.645. The lowest BCUT2D eigenvalue weighted by Gasteiger charge is -2.19. The van der Waals surface area contributed by atoms with E-state index < -0.39 is 11.0 Å². The number of rotatable bonds is 2. The van der Waals surface area contributed by atoms with Crippen LogP contribution in [0.15, 0.2) is 28.7 Å². The fraction of sp³-hybridized carbons (Fsp3) is 0.385. The zero-order chi connectivity index (χ0) is 12.6. The van der Waals surface area contributed by atoms with Gasteiger partial charge in [0.2, 0.25) is 0 Å². The summed E-state index contributed by atoms with van der Waals surface area (Å²) in [6, 6.07) is 6.10. The molecule has 1 aromatic carbocycles. The highest BCUT2D eigenvalue weighted by molar-refractivity contribution is 9.10. The predicted molar refractivity (Wildman–Crippen MR) is 76.9 cm³/mol. The molecule has 0 spiro atoms. The van der Waals surface area contributed by atoms with Crippen molar-refractivity contribution in [1.82, 2.24) is 4.72 Å². The Hall–Kier alpha value is -0.610. The Morgan fingerprint density at radius 2 is 2.06 bits per heavy atom. The van der Waals surface area contributed by atoms with Crippen LogP contribution in [0.25, 0.3) is 5.70 Å². The summed E-state index contributed by atoms with van der Waals surface area (Å²) >= 11 is 3.54. The standard InChI is InChI=1S/C13H16BrNOS/c1-13(2,3)17(16)15-12-8-7-9-10(12)5-4-6-11(9)14/h4-6,8,15H,7H2,1-3H3. The smallest absolute Gasteiger partial charge is 0.122 e. The van der Waals surface area contributed by atoms with Crippen molar-refractivity contribution in [1.29, 1.82) is 0 Å². The second kappa shape index (κ2) is 4.58. The number of hydrogen-bond donors (Lipinski definition) is 1. The molecule has 0 saturated carbocycles. The highest BCUT2D eigenvalue weighted by atomic mass is 79.9. The van der Waals surface area contributed by atoms with Gasteiger partial charge in [0.1, 0.15) is 11.0 Å². The summed E-state index contributed by atoms with van der Waals surface area (Å²) in [5, 5.41) is 0. The first kappa shape index (κ1) is 12.8. The van der Waals surface area contributed by atoms with Crippen LogP contribution >= 0.6 is 15.9 Å². The minimum absolute atomic E-state index is 0.254. The average Bonchev–Trinajstić information content (AvgIpc) is 2.62. The van der Waals surface area contributed by atoms with Gasteiger partial charge >= 0.3 is 0 Å². The van der Waals surface area contributed by atoms with Crippen LogP contribution in [0.2, 0.25) is 0 Å². The van der Waals surface area contributed by atoms with Gasteiger partial charge in [-0.25, -0.2) is 4.21 Å². The molecule has 92 valence electrons. The Kier molecular flexibility index (Phi) is 3.46. The summed E-state index contributed by atoms with van der Waals surface area (Å²) in [5.74, 6) is 0. The molecule has 1 N–H and O–H groups in total. The minimum Gasteiger partial charge on any atom is -0.304 e. The Bertz CT molecular complexity index is 503. The van der Waals surface area contributed by atoms with Crippen LogP contribution in [0.3, 0.4) is 0 Å². The summed E-state index contributed by atoms with van der Waals surface area (Å²) in [6.07, 6.45) is 2.99. The molecule has 0 radical (unpaired) electrons. The lowest BCUT2D eigenvalue weighted by atomic mass is 10.1. The maximum absolute atomic E-state index is 12.1. The predicted octanol–water partition coefficient (Wildman–Crippen LogP) is 3.40. The van der Waals surface area contributed by atoms with Crippen molar-refractivity contribution in [3.63, 3.8) is 0 Å². The molecule has 1 aromatic rings. The van der Waals surface area contributed by atoms with E-state index in [2.05, 4.69) is 32.8 Å². The van der Waals surface area contributed by atoms with Crippen LogP contribution in [0.5, 0.6) is 0 Å². The van der Waals surface area contributed by atoms with Crippen LogP contribution in [0.4, 0.5) is 0 Å². The molecule has 2 nitrogen and oxygen atoms in total. The van der Waals surface area contributed by atoms with Crippen molar-refractivity contribution in [3.05, 3.63) is 39.9 Å².